The molecule has 0 saturated carbocycles. The Morgan fingerprint density at radius 1 is 1.09 bits per heavy atom. The molecule has 0 aromatic heterocycles. The molecule has 34 heavy (non-hydrogen) atoms. The van der Waals surface area contributed by atoms with Gasteiger partial charge in [-0.2, -0.15) is 0 Å². The standard InChI is InChI=1S/C23H28Cl2FN3O4S/c1-15(2)12-27-23(31)16(3)28(13-17-7-5-6-8-20(17)26)22(30)14-29(34(4,32)33)21-11-18(24)9-10-19(21)25/h5-11,15-16H,12-14H2,1-4H3,(H,27,31)/t16-/m1/s1. The van der Waals surface area contributed by atoms with Gasteiger partial charge in [0.05, 0.1) is 17.0 Å². The fraction of sp³-hybridized carbons (Fsp3) is 0.391. The second-order valence-electron chi connectivity index (χ2n) is 8.29. The maximum Gasteiger partial charge on any atom is 0.244 e. The van der Waals surface area contributed by atoms with Crippen molar-refractivity contribution in [3.8, 4) is 0 Å². The molecule has 0 aliphatic rings. The highest BCUT2D eigenvalue weighted by atomic mass is 35.5. The van der Waals surface area contributed by atoms with Crippen LogP contribution in [0, 0.1) is 11.7 Å². The molecule has 0 spiro atoms. The summed E-state index contributed by atoms with van der Waals surface area (Å²) in [7, 11) is -3.97. The molecule has 1 atom stereocenters. The lowest BCUT2D eigenvalue weighted by atomic mass is 10.1. The van der Waals surface area contributed by atoms with E-state index in [0.717, 1.165) is 15.5 Å². The summed E-state index contributed by atoms with van der Waals surface area (Å²) in [5.41, 5.74) is 0.207. The van der Waals surface area contributed by atoms with Gasteiger partial charge in [-0.25, -0.2) is 12.8 Å². The summed E-state index contributed by atoms with van der Waals surface area (Å²) in [5.74, 6) is -1.52. The molecular weight excluding hydrogens is 504 g/mol. The van der Waals surface area contributed by atoms with Gasteiger partial charge in [0.15, 0.2) is 0 Å². The van der Waals surface area contributed by atoms with Crippen LogP contribution in [-0.4, -0.2) is 50.5 Å². The SMILES string of the molecule is CC(C)CNC(=O)[C@@H](C)N(Cc1ccccc1F)C(=O)CN(c1cc(Cl)ccc1Cl)S(C)(=O)=O. The molecule has 0 heterocycles. The van der Waals surface area contributed by atoms with Crippen LogP contribution in [0.15, 0.2) is 42.5 Å². The summed E-state index contributed by atoms with van der Waals surface area (Å²) in [6, 6.07) is 9.10. The van der Waals surface area contributed by atoms with Crippen LogP contribution < -0.4 is 9.62 Å². The van der Waals surface area contributed by atoms with Crippen LogP contribution in [0.1, 0.15) is 26.3 Å². The maximum atomic E-state index is 14.4. The Labute approximate surface area is 209 Å². The van der Waals surface area contributed by atoms with Crippen LogP contribution in [-0.2, 0) is 26.2 Å². The third-order valence-electron chi connectivity index (χ3n) is 5.01. The Bertz CT molecular complexity index is 1140. The number of hydrogen-bond donors (Lipinski definition) is 1. The minimum Gasteiger partial charge on any atom is -0.354 e. The largest absolute Gasteiger partial charge is 0.354 e. The van der Waals surface area contributed by atoms with Crippen LogP contribution in [0.3, 0.4) is 0 Å². The van der Waals surface area contributed by atoms with Crippen molar-refractivity contribution in [2.45, 2.75) is 33.4 Å². The van der Waals surface area contributed by atoms with E-state index < -0.39 is 40.2 Å². The molecule has 186 valence electrons. The second kappa shape index (κ2) is 11.9. The number of anilines is 1. The summed E-state index contributed by atoms with van der Waals surface area (Å²) >= 11 is 12.2. The lowest BCUT2D eigenvalue weighted by Crippen LogP contribution is -2.51. The minimum absolute atomic E-state index is 0.0211. The number of rotatable bonds is 10. The van der Waals surface area contributed by atoms with Gasteiger partial charge in [-0.1, -0.05) is 55.2 Å². The van der Waals surface area contributed by atoms with Gasteiger partial charge in [0.2, 0.25) is 21.8 Å². The van der Waals surface area contributed by atoms with E-state index in [1.54, 1.807) is 6.07 Å². The van der Waals surface area contributed by atoms with Gasteiger partial charge in [-0.05, 0) is 37.1 Å². The van der Waals surface area contributed by atoms with E-state index in [1.807, 2.05) is 13.8 Å². The monoisotopic (exact) mass is 531 g/mol. The fourth-order valence-electron chi connectivity index (χ4n) is 3.12. The van der Waals surface area contributed by atoms with Gasteiger partial charge in [-0.3, -0.25) is 13.9 Å². The molecule has 7 nitrogen and oxygen atoms in total. The Kier molecular flexibility index (Phi) is 9.73. The van der Waals surface area contributed by atoms with Crippen molar-refractivity contribution in [3.05, 3.63) is 63.9 Å². The van der Waals surface area contributed by atoms with Crippen molar-refractivity contribution in [3.63, 3.8) is 0 Å². The lowest BCUT2D eigenvalue weighted by Gasteiger charge is -2.32. The van der Waals surface area contributed by atoms with Crippen LogP contribution >= 0.6 is 23.2 Å². The fourth-order valence-corrected chi connectivity index (χ4v) is 4.41. The highest BCUT2D eigenvalue weighted by molar-refractivity contribution is 7.92. The zero-order chi connectivity index (χ0) is 25.6. The molecule has 0 bridgehead atoms. The van der Waals surface area contributed by atoms with Crippen molar-refractivity contribution in [1.29, 1.82) is 0 Å². The van der Waals surface area contributed by atoms with Gasteiger partial charge in [0, 0.05) is 23.7 Å². The number of hydrogen-bond acceptors (Lipinski definition) is 4. The molecule has 2 aromatic carbocycles. The van der Waals surface area contributed by atoms with E-state index in [1.165, 1.54) is 43.3 Å². The van der Waals surface area contributed by atoms with Crippen molar-refractivity contribution >= 4 is 50.7 Å². The van der Waals surface area contributed by atoms with E-state index >= 15 is 0 Å². The number of nitrogens with zero attached hydrogens (tertiary/aromatic N) is 2. The average Bonchev–Trinajstić information content (AvgIpc) is 2.75. The molecule has 0 saturated heterocycles. The highest BCUT2D eigenvalue weighted by Crippen LogP contribution is 2.31. The van der Waals surface area contributed by atoms with Gasteiger partial charge in [0.1, 0.15) is 18.4 Å². The molecule has 2 aromatic rings. The number of nitrogens with one attached hydrogen (secondary N) is 1. The summed E-state index contributed by atoms with van der Waals surface area (Å²) in [5, 5.41) is 3.05. The molecule has 11 heteroatoms. The molecule has 2 amide bonds. The van der Waals surface area contributed by atoms with Crippen molar-refractivity contribution < 1.29 is 22.4 Å². The summed E-state index contributed by atoms with van der Waals surface area (Å²) in [6.07, 6.45) is 0.928. The van der Waals surface area contributed by atoms with Crippen LogP contribution in [0.5, 0.6) is 0 Å². The summed E-state index contributed by atoms with van der Waals surface area (Å²) in [4.78, 5) is 27.3. The van der Waals surface area contributed by atoms with Crippen molar-refractivity contribution in [2.75, 3.05) is 23.7 Å². The predicted octanol–water partition coefficient (Wildman–Crippen LogP) is 4.09. The first-order valence-electron chi connectivity index (χ1n) is 10.5. The molecule has 0 fully saturated rings. The van der Waals surface area contributed by atoms with E-state index in [2.05, 4.69) is 5.32 Å². The zero-order valence-electron chi connectivity index (χ0n) is 19.4. The molecule has 0 aliphatic carbocycles. The Morgan fingerprint density at radius 3 is 2.32 bits per heavy atom. The zero-order valence-corrected chi connectivity index (χ0v) is 21.7. The van der Waals surface area contributed by atoms with E-state index in [4.69, 9.17) is 23.2 Å². The van der Waals surface area contributed by atoms with Crippen LogP contribution in [0.2, 0.25) is 10.0 Å². The molecule has 0 unspecified atom stereocenters. The molecular formula is C23H28Cl2FN3O4S. The smallest absolute Gasteiger partial charge is 0.244 e. The number of carbonyl (C=O) groups is 2. The first-order chi connectivity index (χ1) is 15.8. The first kappa shape index (κ1) is 27.9. The maximum absolute atomic E-state index is 14.4. The predicted molar refractivity (Wildman–Crippen MR) is 133 cm³/mol. The van der Waals surface area contributed by atoms with E-state index in [0.29, 0.717) is 6.54 Å². The minimum atomic E-state index is -3.97. The van der Waals surface area contributed by atoms with Crippen molar-refractivity contribution in [1.82, 2.24) is 10.2 Å². The van der Waals surface area contributed by atoms with Gasteiger partial charge in [-0.15, -0.1) is 0 Å². The van der Waals surface area contributed by atoms with Gasteiger partial charge < -0.3 is 10.2 Å². The number of carbonyl (C=O) groups excluding carboxylic acids is 2. The summed E-state index contributed by atoms with van der Waals surface area (Å²) < 4.78 is 40.3. The van der Waals surface area contributed by atoms with Crippen LogP contribution in [0.25, 0.3) is 0 Å². The molecule has 2 rings (SSSR count). The van der Waals surface area contributed by atoms with Gasteiger partial charge in [0.25, 0.3) is 0 Å². The van der Waals surface area contributed by atoms with Crippen LogP contribution in [0.4, 0.5) is 10.1 Å². The Morgan fingerprint density at radius 2 is 1.74 bits per heavy atom. The number of sulfonamides is 1. The normalized spacial score (nSPS) is 12.4. The lowest BCUT2D eigenvalue weighted by molar-refractivity contribution is -0.139. The topological polar surface area (TPSA) is 86.8 Å². The molecule has 0 radical (unpaired) electrons. The van der Waals surface area contributed by atoms with Crippen molar-refractivity contribution in [2.24, 2.45) is 5.92 Å². The summed E-state index contributed by atoms with van der Waals surface area (Å²) in [6.45, 7) is 4.85. The van der Waals surface area contributed by atoms with E-state index in [9.17, 15) is 22.4 Å². The first-order valence-corrected chi connectivity index (χ1v) is 13.1. The quantitative estimate of drug-likeness (QED) is 0.500. The molecule has 1 N–H and O–H groups in total. The highest BCUT2D eigenvalue weighted by Gasteiger charge is 2.31. The molecule has 0 aliphatic heterocycles. The Balaban J connectivity index is 2.43. The Hall–Kier alpha value is -2.36. The third-order valence-corrected chi connectivity index (χ3v) is 6.69. The van der Waals surface area contributed by atoms with E-state index in [-0.39, 0.29) is 33.8 Å². The second-order valence-corrected chi connectivity index (χ2v) is 11.0. The number of halogens is 3. The number of amides is 2. The average molecular weight is 532 g/mol. The van der Waals surface area contributed by atoms with Gasteiger partial charge >= 0.3 is 0 Å². The number of benzene rings is 2. The third kappa shape index (κ3) is 7.58.